The monoisotopic (exact) mass is 242 g/mol. The van der Waals surface area contributed by atoms with Crippen LogP contribution in [0.25, 0.3) is 0 Å². The van der Waals surface area contributed by atoms with E-state index in [2.05, 4.69) is 9.72 Å². The Kier molecular flexibility index (Phi) is 3.95. The van der Waals surface area contributed by atoms with Gasteiger partial charge in [0.25, 0.3) is 12.2 Å². The minimum absolute atomic E-state index is 0.244. The quantitative estimate of drug-likeness (QED) is 0.492. The summed E-state index contributed by atoms with van der Waals surface area (Å²) in [5.41, 5.74) is 5.61. The molecule has 0 saturated heterocycles. The van der Waals surface area contributed by atoms with E-state index >= 15 is 0 Å². The lowest BCUT2D eigenvalue weighted by Gasteiger charge is -2.09. The second kappa shape index (κ2) is 5.21. The number of aromatic nitrogens is 1. The Morgan fingerprint density at radius 2 is 2.50 bits per heavy atom. The van der Waals surface area contributed by atoms with E-state index in [1.807, 2.05) is 0 Å². The summed E-state index contributed by atoms with van der Waals surface area (Å²) in [5, 5.41) is 17.5. The van der Waals surface area contributed by atoms with Crippen molar-refractivity contribution in [3.05, 3.63) is 11.1 Å². The molecule has 1 unspecified atom stereocenters. The maximum atomic E-state index is 10.9. The number of carboxylic acids is 1. The fourth-order valence-electron chi connectivity index (χ4n) is 0.940. The summed E-state index contributed by atoms with van der Waals surface area (Å²) in [6.45, 7) is -0.355. The number of hydrogen-bond acceptors (Lipinski definition) is 7. The first-order valence-corrected chi connectivity index (χ1v) is 4.95. The summed E-state index contributed by atoms with van der Waals surface area (Å²) in [4.78, 5) is 24.7. The molecule has 16 heavy (non-hydrogen) atoms. The number of thiazole rings is 1. The van der Waals surface area contributed by atoms with Gasteiger partial charge in [0.2, 0.25) is 0 Å². The van der Waals surface area contributed by atoms with Gasteiger partial charge < -0.3 is 15.6 Å². The lowest BCUT2D eigenvalue weighted by atomic mass is 10.1. The molecule has 1 heterocycles. The Balaban J connectivity index is 2.72. The number of ether oxygens (including phenoxy) is 1. The van der Waals surface area contributed by atoms with Crippen molar-refractivity contribution in [2.45, 2.75) is 5.92 Å². The molecule has 1 rings (SSSR count). The number of rotatable bonds is 5. The number of carbonyl (C=O) groups is 1. The van der Waals surface area contributed by atoms with Crippen LogP contribution in [0.2, 0.25) is 0 Å². The molecule has 1 aromatic rings. The Labute approximate surface area is 94.4 Å². The van der Waals surface area contributed by atoms with Gasteiger partial charge in [0.1, 0.15) is 12.5 Å². The molecule has 0 saturated carbocycles. The number of aliphatic carboxylic acids is 1. The zero-order valence-electron chi connectivity index (χ0n) is 7.97. The van der Waals surface area contributed by atoms with Gasteiger partial charge in [-0.1, -0.05) is 0 Å². The highest BCUT2D eigenvalue weighted by Gasteiger charge is 2.24. The smallest absolute Gasteiger partial charge is 0.316 e. The van der Waals surface area contributed by atoms with Gasteiger partial charge in [0.05, 0.1) is 5.69 Å². The maximum absolute atomic E-state index is 10.9. The highest BCUT2D eigenvalue weighted by Crippen LogP contribution is 2.20. The molecule has 4 N–H and O–H groups in total. The Morgan fingerprint density at radius 1 is 1.81 bits per heavy atom. The number of carboxylic acid groups (broad SMARTS) is 1. The van der Waals surface area contributed by atoms with E-state index in [4.69, 9.17) is 16.2 Å². The third kappa shape index (κ3) is 3.02. The van der Waals surface area contributed by atoms with Crippen LogP contribution in [-0.2, 0) is 14.3 Å². The summed E-state index contributed by atoms with van der Waals surface area (Å²) in [5.74, 6) is -2.96. The number of nitrogens with zero attached hydrogens (tertiary/aromatic N) is 1. The lowest BCUT2D eigenvalue weighted by Crippen LogP contribution is -2.20. The van der Waals surface area contributed by atoms with Crippen LogP contribution in [0.5, 0.6) is 0 Å². The number of nitrogen functional groups attached to an aromatic ring is 1. The molecular formula is C8H8N3O4S. The van der Waals surface area contributed by atoms with Crippen molar-refractivity contribution in [2.24, 2.45) is 0 Å². The molecule has 0 aliphatic rings. The first-order chi connectivity index (χ1) is 7.54. The van der Waals surface area contributed by atoms with E-state index < -0.39 is 17.8 Å². The molecular weight excluding hydrogens is 234 g/mol. The predicted molar refractivity (Wildman–Crippen MR) is 56.3 cm³/mol. The van der Waals surface area contributed by atoms with E-state index in [-0.39, 0.29) is 17.4 Å². The van der Waals surface area contributed by atoms with Gasteiger partial charge in [-0.2, -0.15) is 0 Å². The molecule has 8 heteroatoms. The molecule has 1 radical (unpaired) electrons. The number of nitrogens with one attached hydrogen (secondary N) is 1. The minimum atomic E-state index is -1.16. The van der Waals surface area contributed by atoms with Crippen LogP contribution in [0.3, 0.4) is 0 Å². The Hall–Kier alpha value is -1.96. The second-order valence-electron chi connectivity index (χ2n) is 2.74. The van der Waals surface area contributed by atoms with E-state index in [1.165, 1.54) is 11.7 Å². The van der Waals surface area contributed by atoms with Gasteiger partial charge in [-0.25, -0.2) is 4.98 Å². The van der Waals surface area contributed by atoms with Crippen LogP contribution in [0, 0.1) is 5.41 Å². The zero-order valence-corrected chi connectivity index (χ0v) is 8.78. The van der Waals surface area contributed by atoms with Crippen LogP contribution in [-0.4, -0.2) is 34.9 Å². The number of anilines is 1. The predicted octanol–water partition coefficient (Wildman–Crippen LogP) is -0.00293. The van der Waals surface area contributed by atoms with Crippen molar-refractivity contribution in [1.82, 2.24) is 4.98 Å². The standard InChI is InChI=1S/C8H8N3O4S/c9-6(1-12)15-2-4(7(13)14)5-3-16-8(10)11-5/h3-4,9H,2H2,(H2,10,11)(H,13,14). The topological polar surface area (TPSA) is 126 Å². The zero-order chi connectivity index (χ0) is 12.1. The SMILES string of the molecule is N=C([C]=O)OCC(C(=O)O)c1csc(N)n1. The summed E-state index contributed by atoms with van der Waals surface area (Å²) in [6, 6.07) is 0. The normalized spacial score (nSPS) is 11.8. The van der Waals surface area contributed by atoms with Gasteiger partial charge in [0.15, 0.2) is 5.13 Å². The molecule has 0 aliphatic heterocycles. The third-order valence-electron chi connectivity index (χ3n) is 1.68. The van der Waals surface area contributed by atoms with Crippen molar-refractivity contribution in [3.8, 4) is 0 Å². The number of nitrogens with two attached hydrogens (primary N) is 1. The van der Waals surface area contributed by atoms with E-state index in [0.717, 1.165) is 11.3 Å². The number of carbonyl (C=O) groups excluding carboxylic acids is 1. The minimum Gasteiger partial charge on any atom is -0.481 e. The molecule has 1 aromatic heterocycles. The molecule has 0 aromatic carbocycles. The van der Waals surface area contributed by atoms with Crippen molar-refractivity contribution in [1.29, 1.82) is 5.41 Å². The van der Waals surface area contributed by atoms with Crippen molar-refractivity contribution in [2.75, 3.05) is 12.3 Å². The van der Waals surface area contributed by atoms with Crippen molar-refractivity contribution in [3.63, 3.8) is 0 Å². The summed E-state index contributed by atoms with van der Waals surface area (Å²) < 4.78 is 4.58. The Morgan fingerprint density at radius 3 is 2.94 bits per heavy atom. The molecule has 0 fully saturated rings. The van der Waals surface area contributed by atoms with E-state index in [1.54, 1.807) is 0 Å². The van der Waals surface area contributed by atoms with Crippen LogP contribution >= 0.6 is 11.3 Å². The highest BCUT2D eigenvalue weighted by atomic mass is 32.1. The maximum Gasteiger partial charge on any atom is 0.316 e. The molecule has 0 spiro atoms. The van der Waals surface area contributed by atoms with Crippen LogP contribution in [0.15, 0.2) is 5.38 Å². The fourth-order valence-corrected chi connectivity index (χ4v) is 1.56. The van der Waals surface area contributed by atoms with E-state index in [9.17, 15) is 9.59 Å². The first-order valence-electron chi connectivity index (χ1n) is 4.07. The summed E-state index contributed by atoms with van der Waals surface area (Å²) in [7, 11) is 0. The Bertz CT molecular complexity index is 417. The van der Waals surface area contributed by atoms with Crippen molar-refractivity contribution >= 4 is 34.6 Å². The van der Waals surface area contributed by atoms with Crippen LogP contribution < -0.4 is 5.73 Å². The lowest BCUT2D eigenvalue weighted by molar-refractivity contribution is -0.139. The third-order valence-corrected chi connectivity index (χ3v) is 2.37. The van der Waals surface area contributed by atoms with Crippen LogP contribution in [0.1, 0.15) is 11.6 Å². The summed E-state index contributed by atoms with van der Waals surface area (Å²) in [6.07, 6.45) is 1.19. The number of hydrogen-bond donors (Lipinski definition) is 3. The average molecular weight is 242 g/mol. The van der Waals surface area contributed by atoms with Gasteiger partial charge >= 0.3 is 5.97 Å². The first kappa shape index (κ1) is 12.1. The average Bonchev–Trinajstić information content (AvgIpc) is 2.64. The van der Waals surface area contributed by atoms with Crippen molar-refractivity contribution < 1.29 is 19.4 Å². The second-order valence-corrected chi connectivity index (χ2v) is 3.63. The summed E-state index contributed by atoms with van der Waals surface area (Å²) >= 11 is 1.11. The molecule has 0 amide bonds. The van der Waals surface area contributed by atoms with Gasteiger partial charge in [-0.05, 0) is 0 Å². The molecule has 7 nitrogen and oxygen atoms in total. The van der Waals surface area contributed by atoms with Gasteiger partial charge in [-0.3, -0.25) is 15.0 Å². The van der Waals surface area contributed by atoms with Gasteiger partial charge in [0, 0.05) is 5.38 Å². The molecule has 0 aliphatic carbocycles. The molecule has 0 bridgehead atoms. The largest absolute Gasteiger partial charge is 0.481 e. The van der Waals surface area contributed by atoms with E-state index in [0.29, 0.717) is 0 Å². The van der Waals surface area contributed by atoms with Gasteiger partial charge in [-0.15, -0.1) is 11.3 Å². The molecule has 1 atom stereocenters. The fraction of sp³-hybridized carbons (Fsp3) is 0.250. The highest BCUT2D eigenvalue weighted by molar-refractivity contribution is 7.13. The van der Waals surface area contributed by atoms with Crippen LogP contribution in [0.4, 0.5) is 5.13 Å². The molecule has 85 valence electrons.